The summed E-state index contributed by atoms with van der Waals surface area (Å²) in [5, 5.41) is 10.0. The molecule has 6 nitrogen and oxygen atoms in total. The van der Waals surface area contributed by atoms with Gasteiger partial charge in [-0.15, -0.1) is 0 Å². The summed E-state index contributed by atoms with van der Waals surface area (Å²) < 4.78 is 1.88. The van der Waals surface area contributed by atoms with Gasteiger partial charge in [-0.25, -0.2) is 14.8 Å². The number of carboxylic acids is 1. The molecule has 1 aliphatic carbocycles. The Kier molecular flexibility index (Phi) is 3.07. The number of carbonyl (C=O) groups is 1. The molecular weight excluding hydrogens is 316 g/mol. The van der Waals surface area contributed by atoms with E-state index < -0.39 is 5.97 Å². The number of carboxylic acid groups (broad SMARTS) is 1. The number of rotatable bonds is 4. The summed E-state index contributed by atoms with van der Waals surface area (Å²) in [5.74, 6) is 1.87. The van der Waals surface area contributed by atoms with Crippen LogP contribution in [0.3, 0.4) is 0 Å². The van der Waals surface area contributed by atoms with Crippen LogP contribution in [0.4, 0.5) is 5.82 Å². The zero-order valence-corrected chi connectivity index (χ0v) is 13.7. The quantitative estimate of drug-likeness (QED) is 0.794. The maximum absolute atomic E-state index is 11.4. The molecule has 1 N–H and O–H groups in total. The maximum atomic E-state index is 11.4. The summed E-state index contributed by atoms with van der Waals surface area (Å²) in [7, 11) is 0. The van der Waals surface area contributed by atoms with Crippen molar-refractivity contribution in [1.82, 2.24) is 14.5 Å². The predicted octanol–water partition coefficient (Wildman–Crippen LogP) is 2.63. The smallest absolute Gasteiger partial charge is 0.337 e. The van der Waals surface area contributed by atoms with Crippen molar-refractivity contribution < 1.29 is 9.90 Å². The van der Waals surface area contributed by atoms with Crippen molar-refractivity contribution in [2.75, 3.05) is 18.0 Å². The number of pyridine rings is 2. The molecule has 25 heavy (non-hydrogen) atoms. The van der Waals surface area contributed by atoms with E-state index in [1.165, 1.54) is 6.42 Å². The number of anilines is 1. The van der Waals surface area contributed by atoms with Crippen LogP contribution >= 0.6 is 0 Å². The fraction of sp³-hybridized carbons (Fsp3) is 0.316. The average Bonchev–Trinajstić information content (AvgIpc) is 3.07. The highest BCUT2D eigenvalue weighted by molar-refractivity contribution is 6.02. The van der Waals surface area contributed by atoms with Gasteiger partial charge >= 0.3 is 5.97 Å². The van der Waals surface area contributed by atoms with Gasteiger partial charge in [0.15, 0.2) is 0 Å². The molecule has 3 aromatic rings. The van der Waals surface area contributed by atoms with Crippen LogP contribution in [0.2, 0.25) is 0 Å². The normalized spacial score (nSPS) is 21.5. The first-order valence-corrected chi connectivity index (χ1v) is 8.56. The Bertz CT molecular complexity index is 953. The van der Waals surface area contributed by atoms with E-state index in [9.17, 15) is 9.90 Å². The number of aromatic nitrogens is 3. The van der Waals surface area contributed by atoms with Gasteiger partial charge in [0.05, 0.1) is 12.1 Å². The number of hydrogen-bond acceptors (Lipinski definition) is 4. The van der Waals surface area contributed by atoms with E-state index in [4.69, 9.17) is 0 Å². The molecule has 0 radical (unpaired) electrons. The van der Waals surface area contributed by atoms with E-state index in [1.807, 2.05) is 10.8 Å². The largest absolute Gasteiger partial charge is 0.478 e. The van der Waals surface area contributed by atoms with Crippen molar-refractivity contribution in [2.45, 2.75) is 13.0 Å². The molecule has 0 amide bonds. The highest BCUT2D eigenvalue weighted by atomic mass is 16.4. The average molecular weight is 334 g/mol. The van der Waals surface area contributed by atoms with Crippen molar-refractivity contribution in [3.05, 3.63) is 54.0 Å². The second kappa shape index (κ2) is 5.31. The molecule has 2 aliphatic rings. The zero-order valence-electron chi connectivity index (χ0n) is 13.7. The summed E-state index contributed by atoms with van der Waals surface area (Å²) in [6.07, 6.45) is 6.61. The lowest BCUT2D eigenvalue weighted by molar-refractivity contribution is 0.0699. The summed E-state index contributed by atoms with van der Waals surface area (Å²) in [5.41, 5.74) is 2.00. The standard InChI is InChI=1S/C19H18N4O2/c24-19(25)16-11-23(18-15(16)2-1-5-20-18)8-12-3-4-17(21-7-12)22-9-13-6-14(13)10-22/h1-5,7,11,13-14H,6,8-10H2,(H,24,25). The zero-order chi connectivity index (χ0) is 17.0. The van der Waals surface area contributed by atoms with Crippen molar-refractivity contribution in [2.24, 2.45) is 11.8 Å². The Balaban J connectivity index is 1.41. The van der Waals surface area contributed by atoms with Crippen molar-refractivity contribution in [3.8, 4) is 0 Å². The summed E-state index contributed by atoms with van der Waals surface area (Å²) >= 11 is 0. The summed E-state index contributed by atoms with van der Waals surface area (Å²) in [4.78, 5) is 22.8. The van der Waals surface area contributed by atoms with Crippen LogP contribution in [0.5, 0.6) is 0 Å². The van der Waals surface area contributed by atoms with Gasteiger partial charge in [-0.1, -0.05) is 6.07 Å². The third-order valence-electron chi connectivity index (χ3n) is 5.33. The Morgan fingerprint density at radius 1 is 1.20 bits per heavy atom. The van der Waals surface area contributed by atoms with E-state index in [2.05, 4.69) is 27.0 Å². The van der Waals surface area contributed by atoms with Crippen LogP contribution in [0.25, 0.3) is 11.0 Å². The first-order chi connectivity index (χ1) is 12.2. The van der Waals surface area contributed by atoms with Gasteiger partial charge in [-0.05, 0) is 42.0 Å². The molecule has 3 aromatic heterocycles. The van der Waals surface area contributed by atoms with Gasteiger partial charge in [-0.2, -0.15) is 0 Å². The maximum Gasteiger partial charge on any atom is 0.337 e. The summed E-state index contributed by atoms with van der Waals surface area (Å²) in [6.45, 7) is 2.82. The third-order valence-corrected chi connectivity index (χ3v) is 5.33. The van der Waals surface area contributed by atoms with Gasteiger partial charge in [0.25, 0.3) is 0 Å². The van der Waals surface area contributed by atoms with Crippen LogP contribution in [-0.4, -0.2) is 38.7 Å². The van der Waals surface area contributed by atoms with E-state index in [-0.39, 0.29) is 5.56 Å². The van der Waals surface area contributed by atoms with E-state index in [1.54, 1.807) is 24.5 Å². The van der Waals surface area contributed by atoms with Gasteiger partial charge in [0.1, 0.15) is 11.5 Å². The molecule has 2 fully saturated rings. The molecule has 6 heteroatoms. The minimum atomic E-state index is -0.933. The minimum absolute atomic E-state index is 0.281. The molecule has 126 valence electrons. The van der Waals surface area contributed by atoms with Crippen LogP contribution < -0.4 is 4.90 Å². The molecule has 2 unspecified atom stereocenters. The fourth-order valence-electron chi connectivity index (χ4n) is 3.89. The first-order valence-electron chi connectivity index (χ1n) is 8.56. The van der Waals surface area contributed by atoms with Crippen LogP contribution in [-0.2, 0) is 6.54 Å². The Morgan fingerprint density at radius 2 is 2.04 bits per heavy atom. The highest BCUT2D eigenvalue weighted by Crippen LogP contribution is 2.45. The lowest BCUT2D eigenvalue weighted by Crippen LogP contribution is -2.22. The van der Waals surface area contributed by atoms with Gasteiger partial charge in [0, 0.05) is 37.1 Å². The van der Waals surface area contributed by atoms with Crippen molar-refractivity contribution in [3.63, 3.8) is 0 Å². The molecule has 2 atom stereocenters. The second-order valence-electron chi connectivity index (χ2n) is 7.04. The molecule has 1 aliphatic heterocycles. The number of hydrogen-bond donors (Lipinski definition) is 1. The first kappa shape index (κ1) is 14.5. The predicted molar refractivity (Wildman–Crippen MR) is 93.8 cm³/mol. The molecule has 0 aromatic carbocycles. The monoisotopic (exact) mass is 334 g/mol. The van der Waals surface area contributed by atoms with Gasteiger partial charge in [-0.3, -0.25) is 0 Å². The van der Waals surface area contributed by atoms with E-state index in [0.29, 0.717) is 17.6 Å². The molecule has 1 saturated carbocycles. The van der Waals surface area contributed by atoms with Crippen molar-refractivity contribution in [1.29, 1.82) is 0 Å². The molecule has 0 spiro atoms. The lowest BCUT2D eigenvalue weighted by atomic mass is 10.2. The Labute approximate surface area is 144 Å². The number of aromatic carboxylic acids is 1. The second-order valence-corrected chi connectivity index (χ2v) is 7.04. The summed E-state index contributed by atoms with van der Waals surface area (Å²) in [6, 6.07) is 7.69. The third kappa shape index (κ3) is 2.45. The van der Waals surface area contributed by atoms with E-state index >= 15 is 0 Å². The van der Waals surface area contributed by atoms with Crippen molar-refractivity contribution >= 4 is 22.8 Å². The molecular formula is C19H18N4O2. The molecule has 0 bridgehead atoms. The number of fused-ring (bicyclic) bond motifs is 2. The Hall–Kier alpha value is -2.89. The van der Waals surface area contributed by atoms with Crippen LogP contribution in [0.15, 0.2) is 42.9 Å². The van der Waals surface area contributed by atoms with E-state index in [0.717, 1.165) is 36.3 Å². The minimum Gasteiger partial charge on any atom is -0.478 e. The van der Waals surface area contributed by atoms with Crippen LogP contribution in [0, 0.1) is 11.8 Å². The number of nitrogens with zero attached hydrogens (tertiary/aromatic N) is 4. The van der Waals surface area contributed by atoms with Gasteiger partial charge < -0.3 is 14.6 Å². The topological polar surface area (TPSA) is 71.2 Å². The molecule has 5 rings (SSSR count). The molecule has 4 heterocycles. The number of piperidine rings is 1. The molecule has 1 saturated heterocycles. The van der Waals surface area contributed by atoms with Gasteiger partial charge in [0.2, 0.25) is 0 Å². The highest BCUT2D eigenvalue weighted by Gasteiger charge is 2.45. The lowest BCUT2D eigenvalue weighted by Gasteiger charge is -2.19. The fourth-order valence-corrected chi connectivity index (χ4v) is 3.89. The Morgan fingerprint density at radius 3 is 2.76 bits per heavy atom. The van der Waals surface area contributed by atoms with Crippen LogP contribution in [0.1, 0.15) is 22.3 Å². The SMILES string of the molecule is O=C(O)c1cn(Cc2ccc(N3CC4CC4C3)nc2)c2ncccc12.